The highest BCUT2D eigenvalue weighted by Gasteiger charge is 2.25. The van der Waals surface area contributed by atoms with Gasteiger partial charge < -0.3 is 15.4 Å². The summed E-state index contributed by atoms with van der Waals surface area (Å²) in [6.07, 6.45) is 1.68. The monoisotopic (exact) mass is 607 g/mol. The lowest BCUT2D eigenvalue weighted by atomic mass is 9.94. The Hall–Kier alpha value is -4.81. The quantitative estimate of drug-likeness (QED) is 0.183. The van der Waals surface area contributed by atoms with Gasteiger partial charge in [0.25, 0.3) is 0 Å². The minimum Gasteiger partial charge on any atom is -0.444 e. The van der Waals surface area contributed by atoms with Gasteiger partial charge in [0.2, 0.25) is 0 Å². The zero-order valence-corrected chi connectivity index (χ0v) is 26.1. The Bertz CT molecular complexity index is 1750. The second-order valence-corrected chi connectivity index (χ2v) is 12.6. The van der Waals surface area contributed by atoms with Crippen molar-refractivity contribution in [1.29, 1.82) is 5.26 Å². The number of alkyl carbamates (subject to hydrolysis) is 1. The summed E-state index contributed by atoms with van der Waals surface area (Å²) in [5.74, 6) is -0.127. The van der Waals surface area contributed by atoms with Gasteiger partial charge in [-0.1, -0.05) is 36.4 Å². The first-order valence-electron chi connectivity index (χ1n) is 15.2. The van der Waals surface area contributed by atoms with E-state index in [-0.39, 0.29) is 30.4 Å². The molecule has 4 aromatic rings. The molecule has 0 bridgehead atoms. The van der Waals surface area contributed by atoms with Crippen LogP contribution in [0.2, 0.25) is 0 Å². The third-order valence-corrected chi connectivity index (χ3v) is 7.52. The number of hydrogen-bond donors (Lipinski definition) is 2. The van der Waals surface area contributed by atoms with Gasteiger partial charge in [-0.2, -0.15) is 10.4 Å². The van der Waals surface area contributed by atoms with E-state index in [0.29, 0.717) is 28.6 Å². The number of halogens is 1. The van der Waals surface area contributed by atoms with E-state index in [9.17, 15) is 14.9 Å². The molecule has 45 heavy (non-hydrogen) atoms. The number of benzene rings is 3. The zero-order valence-electron chi connectivity index (χ0n) is 26.1. The normalized spacial score (nSPS) is 13.6. The standard InChI is InChI=1S/C36H38FN5O3/c1-23-15-32(42(41-23)30-10-6-8-26(17-30)22-40-35(44)45-36(2,3)4)33(43)19-29-18-28(13-14-31(29)37)34(39-21-24-11-12-24)27-9-5-7-25(16-27)20-38/h5-10,13-18,24,34,39H,11-12,19,21-22H2,1-4H3,(H,40,44)/t34-/m1/s1. The smallest absolute Gasteiger partial charge is 0.407 e. The third-order valence-electron chi connectivity index (χ3n) is 7.52. The van der Waals surface area contributed by atoms with Crippen molar-refractivity contribution in [2.45, 2.75) is 65.1 Å². The first-order valence-corrected chi connectivity index (χ1v) is 15.2. The van der Waals surface area contributed by atoms with Gasteiger partial charge in [0.15, 0.2) is 5.78 Å². The highest BCUT2D eigenvalue weighted by atomic mass is 19.1. The molecule has 232 valence electrons. The first kappa shape index (κ1) is 31.6. The number of hydrogen-bond acceptors (Lipinski definition) is 6. The number of nitrogens with one attached hydrogen (secondary N) is 2. The maximum absolute atomic E-state index is 15.2. The summed E-state index contributed by atoms with van der Waals surface area (Å²) in [4.78, 5) is 25.8. The molecule has 1 amide bonds. The van der Waals surface area contributed by atoms with Crippen molar-refractivity contribution in [1.82, 2.24) is 20.4 Å². The van der Waals surface area contributed by atoms with E-state index in [0.717, 1.165) is 23.2 Å². The van der Waals surface area contributed by atoms with E-state index in [1.165, 1.54) is 18.9 Å². The van der Waals surface area contributed by atoms with Gasteiger partial charge in [0, 0.05) is 13.0 Å². The van der Waals surface area contributed by atoms with Crippen molar-refractivity contribution in [2.24, 2.45) is 5.92 Å². The lowest BCUT2D eigenvalue weighted by Crippen LogP contribution is -2.32. The molecule has 0 unspecified atom stereocenters. The van der Waals surface area contributed by atoms with Crippen LogP contribution in [0.4, 0.5) is 9.18 Å². The number of amides is 1. The second kappa shape index (κ2) is 13.4. The SMILES string of the molecule is Cc1cc(C(=O)Cc2cc([C@H](NCC3CC3)c3cccc(C#N)c3)ccc2F)n(-c2cccc(CNC(=O)OC(C)(C)C)c2)n1. The van der Waals surface area contributed by atoms with E-state index in [1.807, 2.05) is 42.5 Å². The van der Waals surface area contributed by atoms with Gasteiger partial charge in [0.1, 0.15) is 17.1 Å². The number of nitriles is 1. The summed E-state index contributed by atoms with van der Waals surface area (Å²) in [7, 11) is 0. The van der Waals surface area contributed by atoms with Crippen molar-refractivity contribution >= 4 is 11.9 Å². The topological polar surface area (TPSA) is 109 Å². The molecule has 2 N–H and O–H groups in total. The number of Topliss-reactive ketones (excluding diaryl/α,β-unsaturated/α-hetero) is 1. The number of nitrogens with zero attached hydrogens (tertiary/aromatic N) is 3. The van der Waals surface area contributed by atoms with Crippen LogP contribution in [0.25, 0.3) is 5.69 Å². The predicted molar refractivity (Wildman–Crippen MR) is 170 cm³/mol. The molecule has 1 aromatic heterocycles. The van der Waals surface area contributed by atoms with Crippen molar-refractivity contribution in [2.75, 3.05) is 6.54 Å². The molecule has 3 aromatic carbocycles. The lowest BCUT2D eigenvalue weighted by molar-refractivity contribution is 0.0523. The Morgan fingerprint density at radius 2 is 1.82 bits per heavy atom. The molecule has 0 spiro atoms. The van der Waals surface area contributed by atoms with Gasteiger partial charge in [-0.25, -0.2) is 13.9 Å². The van der Waals surface area contributed by atoms with Gasteiger partial charge >= 0.3 is 6.09 Å². The van der Waals surface area contributed by atoms with E-state index in [4.69, 9.17) is 4.74 Å². The molecular formula is C36H38FN5O3. The molecular weight excluding hydrogens is 569 g/mol. The van der Waals surface area contributed by atoms with Crippen LogP contribution in [-0.2, 0) is 17.7 Å². The Kier molecular flexibility index (Phi) is 9.45. The van der Waals surface area contributed by atoms with Crippen molar-refractivity contribution in [3.05, 3.63) is 118 Å². The van der Waals surface area contributed by atoms with Crippen LogP contribution in [0, 0.1) is 30.0 Å². The van der Waals surface area contributed by atoms with Crippen LogP contribution < -0.4 is 10.6 Å². The number of ketones is 1. The summed E-state index contributed by atoms with van der Waals surface area (Å²) in [5.41, 5.74) is 4.39. The highest BCUT2D eigenvalue weighted by Crippen LogP contribution is 2.31. The molecule has 1 aliphatic carbocycles. The molecule has 1 fully saturated rings. The Morgan fingerprint density at radius 3 is 2.56 bits per heavy atom. The molecule has 8 nitrogen and oxygen atoms in total. The fourth-order valence-electron chi connectivity index (χ4n) is 5.18. The molecule has 1 saturated carbocycles. The van der Waals surface area contributed by atoms with Gasteiger partial charge in [-0.15, -0.1) is 0 Å². The Labute approximate surface area is 263 Å². The summed E-state index contributed by atoms with van der Waals surface area (Å²) < 4.78 is 22.1. The van der Waals surface area contributed by atoms with Crippen molar-refractivity contribution < 1.29 is 18.7 Å². The van der Waals surface area contributed by atoms with Crippen LogP contribution in [0.1, 0.15) is 83.7 Å². The van der Waals surface area contributed by atoms with Crippen LogP contribution in [-0.4, -0.2) is 33.8 Å². The van der Waals surface area contributed by atoms with Crippen molar-refractivity contribution in [3.8, 4) is 11.8 Å². The fourth-order valence-corrected chi connectivity index (χ4v) is 5.18. The molecule has 1 aliphatic rings. The number of carbonyl (C=O) groups excluding carboxylic acids is 2. The molecule has 9 heteroatoms. The molecule has 1 atom stereocenters. The lowest BCUT2D eigenvalue weighted by Gasteiger charge is -2.21. The number of rotatable bonds is 11. The zero-order chi connectivity index (χ0) is 32.1. The van der Waals surface area contributed by atoms with Crippen LogP contribution >= 0.6 is 0 Å². The first-order chi connectivity index (χ1) is 21.5. The summed E-state index contributed by atoms with van der Waals surface area (Å²) in [6.45, 7) is 8.25. The van der Waals surface area contributed by atoms with Crippen LogP contribution in [0.3, 0.4) is 0 Å². The largest absolute Gasteiger partial charge is 0.444 e. The average Bonchev–Trinajstić information content (AvgIpc) is 3.75. The third kappa shape index (κ3) is 8.43. The predicted octanol–water partition coefficient (Wildman–Crippen LogP) is 6.73. The molecule has 0 radical (unpaired) electrons. The number of ether oxygens (including phenoxy) is 1. The van der Waals surface area contributed by atoms with Gasteiger partial charge in [-0.3, -0.25) is 4.79 Å². The van der Waals surface area contributed by atoms with Crippen molar-refractivity contribution in [3.63, 3.8) is 0 Å². The van der Waals surface area contributed by atoms with Crippen LogP contribution in [0.5, 0.6) is 0 Å². The summed E-state index contributed by atoms with van der Waals surface area (Å²) >= 11 is 0. The summed E-state index contributed by atoms with van der Waals surface area (Å²) in [5, 5.41) is 20.4. The average molecular weight is 608 g/mol. The van der Waals surface area contributed by atoms with Gasteiger partial charge in [-0.05, 0) is 112 Å². The molecule has 1 heterocycles. The van der Waals surface area contributed by atoms with Gasteiger partial charge in [0.05, 0.1) is 29.1 Å². The van der Waals surface area contributed by atoms with E-state index in [1.54, 1.807) is 56.6 Å². The van der Waals surface area contributed by atoms with E-state index < -0.39 is 17.5 Å². The van der Waals surface area contributed by atoms with E-state index in [2.05, 4.69) is 21.8 Å². The molecule has 5 rings (SSSR count). The molecule has 0 saturated heterocycles. The number of aromatic nitrogens is 2. The minimum absolute atomic E-state index is 0.154. The number of carbonyl (C=O) groups is 2. The second-order valence-electron chi connectivity index (χ2n) is 12.6. The Balaban J connectivity index is 1.37. The Morgan fingerprint density at radius 1 is 1.07 bits per heavy atom. The highest BCUT2D eigenvalue weighted by molar-refractivity contribution is 5.96. The maximum atomic E-state index is 15.2. The molecule has 0 aliphatic heterocycles. The number of aryl methyl sites for hydroxylation is 1. The van der Waals surface area contributed by atoms with Crippen LogP contribution in [0.15, 0.2) is 72.8 Å². The summed E-state index contributed by atoms with van der Waals surface area (Å²) in [6, 6.07) is 23.3. The van der Waals surface area contributed by atoms with E-state index >= 15 is 4.39 Å². The minimum atomic E-state index is -0.608. The fraction of sp³-hybridized carbons (Fsp3) is 0.333. The maximum Gasteiger partial charge on any atom is 0.407 e.